The van der Waals surface area contributed by atoms with Crippen LogP contribution in [0.15, 0.2) is 40.0 Å². The van der Waals surface area contributed by atoms with E-state index in [4.69, 9.17) is 11.6 Å². The topological polar surface area (TPSA) is 58.7 Å². The number of hydrogen-bond donors (Lipinski definition) is 0. The summed E-state index contributed by atoms with van der Waals surface area (Å²) in [5, 5.41) is 4.83. The maximum atomic E-state index is 12.0. The lowest BCUT2D eigenvalue weighted by atomic mass is 10.2. The van der Waals surface area contributed by atoms with Gasteiger partial charge in [-0.05, 0) is 28.1 Å². The monoisotopic (exact) mass is 436 g/mol. The molecule has 0 aromatic carbocycles. The zero-order chi connectivity index (χ0) is 18.3. The lowest BCUT2D eigenvalue weighted by Gasteiger charge is -2.35. The molecule has 0 N–H and O–H groups in total. The van der Waals surface area contributed by atoms with Crippen LogP contribution in [0.5, 0.6) is 0 Å². The van der Waals surface area contributed by atoms with Gasteiger partial charge in [0.25, 0.3) is 5.56 Å². The number of nitrogens with zero attached hydrogens (tertiary/aromatic N) is 6. The molecule has 1 saturated heterocycles. The standard InChI is InChI=1S/C17H18BrClN6O/c1-22-17(26)16(18)14(8-20-22)24-6-4-23(5-7-24)10-13-11-25-9-12(19)2-3-15(25)21-13/h2-3,8-9,11H,4-7,10H2,1H3. The molecule has 3 aromatic rings. The van der Waals surface area contributed by atoms with Gasteiger partial charge in [-0.1, -0.05) is 11.6 Å². The summed E-state index contributed by atoms with van der Waals surface area (Å²) in [6.45, 7) is 4.27. The molecular weight excluding hydrogens is 420 g/mol. The van der Waals surface area contributed by atoms with Gasteiger partial charge in [0.1, 0.15) is 10.1 Å². The normalized spacial score (nSPS) is 15.7. The van der Waals surface area contributed by atoms with Crippen LogP contribution in [0, 0.1) is 0 Å². The van der Waals surface area contributed by atoms with E-state index in [1.807, 2.05) is 28.9 Å². The van der Waals surface area contributed by atoms with E-state index in [-0.39, 0.29) is 5.56 Å². The summed E-state index contributed by atoms with van der Waals surface area (Å²) >= 11 is 9.44. The third-order valence-electron chi connectivity index (χ3n) is 4.62. The van der Waals surface area contributed by atoms with Gasteiger partial charge in [0.15, 0.2) is 0 Å². The number of hydrogen-bond acceptors (Lipinski definition) is 5. The molecule has 1 aliphatic rings. The molecule has 0 aliphatic carbocycles. The van der Waals surface area contributed by atoms with Crippen molar-refractivity contribution in [3.8, 4) is 0 Å². The Hall–Kier alpha value is -1.90. The van der Waals surface area contributed by atoms with Gasteiger partial charge >= 0.3 is 0 Å². The first kappa shape index (κ1) is 17.5. The number of aryl methyl sites for hydroxylation is 1. The highest BCUT2D eigenvalue weighted by molar-refractivity contribution is 9.10. The number of aromatic nitrogens is 4. The zero-order valence-electron chi connectivity index (χ0n) is 14.3. The number of rotatable bonds is 3. The molecule has 26 heavy (non-hydrogen) atoms. The fourth-order valence-corrected chi connectivity index (χ4v) is 3.97. The molecule has 1 fully saturated rings. The second-order valence-electron chi connectivity index (χ2n) is 6.38. The van der Waals surface area contributed by atoms with E-state index < -0.39 is 0 Å². The van der Waals surface area contributed by atoms with Gasteiger partial charge in [-0.25, -0.2) is 9.67 Å². The second kappa shape index (κ2) is 7.02. The van der Waals surface area contributed by atoms with Gasteiger partial charge in [-0.15, -0.1) is 0 Å². The summed E-state index contributed by atoms with van der Waals surface area (Å²) < 4.78 is 3.86. The van der Waals surface area contributed by atoms with Gasteiger partial charge in [0.05, 0.1) is 22.6 Å². The van der Waals surface area contributed by atoms with Crippen LogP contribution in [-0.2, 0) is 13.6 Å². The highest BCUT2D eigenvalue weighted by Crippen LogP contribution is 2.23. The smallest absolute Gasteiger partial charge is 0.282 e. The van der Waals surface area contributed by atoms with E-state index >= 15 is 0 Å². The maximum absolute atomic E-state index is 12.0. The highest BCUT2D eigenvalue weighted by atomic mass is 79.9. The summed E-state index contributed by atoms with van der Waals surface area (Å²) in [5.74, 6) is 0. The van der Waals surface area contributed by atoms with Crippen molar-refractivity contribution >= 4 is 38.9 Å². The van der Waals surface area contributed by atoms with Gasteiger partial charge in [0.2, 0.25) is 0 Å². The van der Waals surface area contributed by atoms with Crippen molar-refractivity contribution in [3.63, 3.8) is 0 Å². The number of anilines is 1. The minimum absolute atomic E-state index is 0.117. The molecule has 9 heteroatoms. The van der Waals surface area contributed by atoms with Crippen molar-refractivity contribution in [2.75, 3.05) is 31.1 Å². The summed E-state index contributed by atoms with van der Waals surface area (Å²) in [5.41, 5.74) is 2.67. The van der Waals surface area contributed by atoms with E-state index in [2.05, 4.69) is 35.8 Å². The average Bonchev–Trinajstić information content (AvgIpc) is 3.02. The van der Waals surface area contributed by atoms with E-state index in [0.717, 1.165) is 49.8 Å². The third-order valence-corrected chi connectivity index (χ3v) is 5.59. The molecule has 0 amide bonds. The van der Waals surface area contributed by atoms with E-state index in [0.29, 0.717) is 9.50 Å². The Morgan fingerprint density at radius 2 is 1.96 bits per heavy atom. The highest BCUT2D eigenvalue weighted by Gasteiger charge is 2.21. The van der Waals surface area contributed by atoms with Crippen LogP contribution >= 0.6 is 27.5 Å². The summed E-state index contributed by atoms with van der Waals surface area (Å²) in [4.78, 5) is 21.2. The van der Waals surface area contributed by atoms with Crippen LogP contribution in [0.2, 0.25) is 5.02 Å². The van der Waals surface area contributed by atoms with Gasteiger partial charge in [-0.2, -0.15) is 5.10 Å². The molecule has 0 atom stereocenters. The molecule has 0 bridgehead atoms. The molecular formula is C17H18BrClN6O. The van der Waals surface area contributed by atoms with Crippen molar-refractivity contribution in [3.05, 3.63) is 56.3 Å². The third kappa shape index (κ3) is 3.36. The first-order valence-electron chi connectivity index (χ1n) is 8.33. The predicted octanol–water partition coefficient (Wildman–Crippen LogP) is 2.17. The fraction of sp³-hybridized carbons (Fsp3) is 0.353. The lowest BCUT2D eigenvalue weighted by Crippen LogP contribution is -2.46. The fourth-order valence-electron chi connectivity index (χ4n) is 3.19. The minimum Gasteiger partial charge on any atom is -0.367 e. The largest absolute Gasteiger partial charge is 0.367 e. The van der Waals surface area contributed by atoms with Gasteiger partial charge < -0.3 is 9.30 Å². The van der Waals surface area contributed by atoms with Crippen LogP contribution in [-0.4, -0.2) is 50.2 Å². The van der Waals surface area contributed by atoms with E-state index in [1.165, 1.54) is 4.68 Å². The number of imidazole rings is 1. The van der Waals surface area contributed by atoms with Gasteiger partial charge in [0, 0.05) is 52.2 Å². The molecule has 0 radical (unpaired) electrons. The van der Waals surface area contributed by atoms with Crippen molar-refractivity contribution in [1.82, 2.24) is 24.1 Å². The first-order chi connectivity index (χ1) is 12.5. The Morgan fingerprint density at radius 3 is 2.73 bits per heavy atom. The number of piperazine rings is 1. The summed E-state index contributed by atoms with van der Waals surface area (Å²) in [6, 6.07) is 3.77. The SMILES string of the molecule is Cn1ncc(N2CCN(Cc3cn4cc(Cl)ccc4n3)CC2)c(Br)c1=O. The minimum atomic E-state index is -0.117. The zero-order valence-corrected chi connectivity index (χ0v) is 16.6. The molecule has 0 saturated carbocycles. The summed E-state index contributed by atoms with van der Waals surface area (Å²) in [6.07, 6.45) is 5.63. The Morgan fingerprint density at radius 1 is 1.19 bits per heavy atom. The van der Waals surface area contributed by atoms with E-state index in [9.17, 15) is 4.79 Å². The molecule has 0 spiro atoms. The Bertz CT molecular complexity index is 1010. The lowest BCUT2D eigenvalue weighted by molar-refractivity contribution is 0.247. The van der Waals surface area contributed by atoms with Gasteiger partial charge in [-0.3, -0.25) is 9.69 Å². The molecule has 0 unspecified atom stereocenters. The van der Waals surface area contributed by atoms with Crippen LogP contribution in [0.1, 0.15) is 5.69 Å². The number of halogens is 2. The quantitative estimate of drug-likeness (QED) is 0.628. The average molecular weight is 438 g/mol. The molecule has 4 rings (SSSR count). The second-order valence-corrected chi connectivity index (χ2v) is 7.61. The van der Waals surface area contributed by atoms with Crippen molar-refractivity contribution in [2.24, 2.45) is 7.05 Å². The van der Waals surface area contributed by atoms with E-state index in [1.54, 1.807) is 13.2 Å². The maximum Gasteiger partial charge on any atom is 0.282 e. The van der Waals surface area contributed by atoms with Crippen LogP contribution in [0.4, 0.5) is 5.69 Å². The van der Waals surface area contributed by atoms with Crippen LogP contribution in [0.3, 0.4) is 0 Å². The van der Waals surface area contributed by atoms with Crippen molar-refractivity contribution < 1.29 is 0 Å². The molecule has 1 aliphatic heterocycles. The molecule has 3 aromatic heterocycles. The Labute approximate surface area is 163 Å². The van der Waals surface area contributed by atoms with Crippen LogP contribution < -0.4 is 10.5 Å². The molecule has 7 nitrogen and oxygen atoms in total. The molecule has 136 valence electrons. The van der Waals surface area contributed by atoms with Crippen molar-refractivity contribution in [1.29, 1.82) is 0 Å². The van der Waals surface area contributed by atoms with Crippen LogP contribution in [0.25, 0.3) is 5.65 Å². The number of fused-ring (bicyclic) bond motifs is 1. The first-order valence-corrected chi connectivity index (χ1v) is 9.50. The Balaban J connectivity index is 1.43. The number of pyridine rings is 1. The van der Waals surface area contributed by atoms with Crippen molar-refractivity contribution in [2.45, 2.75) is 6.54 Å². The summed E-state index contributed by atoms with van der Waals surface area (Å²) in [7, 11) is 1.65. The predicted molar refractivity (Wildman–Crippen MR) is 105 cm³/mol. The molecule has 4 heterocycles. The Kier molecular flexibility index (Phi) is 4.73.